The van der Waals surface area contributed by atoms with Gasteiger partial charge in [0.05, 0.1) is 6.10 Å². The number of ether oxygens (including phenoxy) is 1. The van der Waals surface area contributed by atoms with Gasteiger partial charge in [-0.2, -0.15) is 10.2 Å². The average molecular weight is 483 g/mol. The summed E-state index contributed by atoms with van der Waals surface area (Å²) >= 11 is 0. The van der Waals surface area contributed by atoms with Crippen molar-refractivity contribution in [1.29, 1.82) is 0 Å². The van der Waals surface area contributed by atoms with Gasteiger partial charge in [-0.25, -0.2) is 19.0 Å². The topological polar surface area (TPSA) is 105 Å². The van der Waals surface area contributed by atoms with E-state index in [4.69, 9.17) is 4.74 Å². The van der Waals surface area contributed by atoms with Crippen LogP contribution in [0.3, 0.4) is 0 Å². The number of nitrogens with one attached hydrogen (secondary N) is 1. The number of nitrogens with zero attached hydrogens (tertiary/aromatic N) is 7. The molecule has 2 N–H and O–H groups in total. The summed E-state index contributed by atoms with van der Waals surface area (Å²) < 4.78 is 9.68. The van der Waals surface area contributed by atoms with Gasteiger partial charge >= 0.3 is 0 Å². The number of hydrogen-bond donors (Lipinski definition) is 2. The van der Waals surface area contributed by atoms with E-state index in [1.165, 1.54) is 11.9 Å². The highest BCUT2D eigenvalue weighted by molar-refractivity contribution is 5.76. The van der Waals surface area contributed by atoms with E-state index in [-0.39, 0.29) is 6.10 Å². The van der Waals surface area contributed by atoms with Crippen LogP contribution in [-0.4, -0.2) is 58.4 Å². The molecule has 0 amide bonds. The molecular weight excluding hydrogens is 456 g/mol. The van der Waals surface area contributed by atoms with Crippen molar-refractivity contribution in [3.05, 3.63) is 72.6 Å². The first-order valence-electron chi connectivity index (χ1n) is 12.2. The molecule has 10 heteroatoms. The molecule has 0 spiro atoms. The Morgan fingerprint density at radius 2 is 1.81 bits per heavy atom. The van der Waals surface area contributed by atoms with Crippen LogP contribution in [0.4, 0.5) is 11.5 Å². The van der Waals surface area contributed by atoms with Crippen LogP contribution in [0.25, 0.3) is 11.2 Å². The van der Waals surface area contributed by atoms with Crippen molar-refractivity contribution in [2.45, 2.75) is 26.0 Å². The van der Waals surface area contributed by atoms with Crippen molar-refractivity contribution in [2.75, 3.05) is 18.4 Å². The number of aromatic nitrogens is 6. The molecule has 4 aromatic heterocycles. The molecule has 2 bridgehead atoms. The van der Waals surface area contributed by atoms with Crippen molar-refractivity contribution >= 4 is 22.7 Å². The predicted molar refractivity (Wildman–Crippen MR) is 133 cm³/mol. The van der Waals surface area contributed by atoms with Gasteiger partial charge in [-0.05, 0) is 66.6 Å². The highest BCUT2D eigenvalue weighted by Gasteiger charge is 2.45. The second kappa shape index (κ2) is 8.28. The molecule has 1 aromatic carbocycles. The first-order chi connectivity index (χ1) is 17.6. The van der Waals surface area contributed by atoms with Gasteiger partial charge in [0, 0.05) is 43.8 Å². The zero-order chi connectivity index (χ0) is 24.2. The van der Waals surface area contributed by atoms with Crippen molar-refractivity contribution in [1.82, 2.24) is 34.1 Å². The van der Waals surface area contributed by atoms with Crippen LogP contribution in [0.15, 0.2) is 61.4 Å². The van der Waals surface area contributed by atoms with E-state index < -0.39 is 0 Å². The lowest BCUT2D eigenvalue weighted by atomic mass is 9.68. The maximum atomic E-state index is 10.1. The van der Waals surface area contributed by atoms with E-state index in [1.54, 1.807) is 10.8 Å². The van der Waals surface area contributed by atoms with Crippen LogP contribution >= 0.6 is 0 Å². The van der Waals surface area contributed by atoms with Crippen molar-refractivity contribution in [2.24, 2.45) is 11.8 Å². The number of rotatable bonds is 6. The molecule has 182 valence electrons. The normalized spacial score (nSPS) is 21.6. The van der Waals surface area contributed by atoms with Gasteiger partial charge in [0.1, 0.15) is 29.7 Å². The average Bonchev–Trinajstić information content (AvgIpc) is 3.53. The lowest BCUT2D eigenvalue weighted by molar-refractivity contribution is -0.109. The molecule has 2 aliphatic heterocycles. The number of benzene rings is 1. The van der Waals surface area contributed by atoms with E-state index in [1.807, 2.05) is 54.2 Å². The van der Waals surface area contributed by atoms with E-state index >= 15 is 0 Å². The minimum absolute atomic E-state index is 0.117. The fourth-order valence-electron chi connectivity index (χ4n) is 5.53. The number of hydrogen-bond acceptors (Lipinski definition) is 8. The minimum atomic E-state index is -0.117. The predicted octanol–water partition coefficient (Wildman–Crippen LogP) is 3.43. The molecule has 2 atom stereocenters. The molecular formula is C26H26N8O2. The molecule has 1 saturated carbocycles. The Balaban J connectivity index is 1.11. The Hall–Kier alpha value is -4.02. The molecule has 0 radical (unpaired) electrons. The minimum Gasteiger partial charge on any atom is -0.457 e. The zero-order valence-corrected chi connectivity index (χ0v) is 19.8. The van der Waals surface area contributed by atoms with E-state index in [0.29, 0.717) is 17.6 Å². The molecule has 3 aliphatic rings. The Morgan fingerprint density at radius 3 is 2.64 bits per heavy atom. The Kier molecular flexibility index (Phi) is 4.90. The second-order valence-electron chi connectivity index (χ2n) is 9.82. The number of piperidine rings is 2. The Labute approximate surface area is 207 Å². The standard InChI is InChI=1S/C26H26N8O2/c1-16-8-20(2-3-22(16)36-21-5-7-33-23(10-21)27-14-29-33)31-26-24-17(4-6-34(24)30-15-28-26)11-32-12-18-9-19(13-32)25(18)35/h2-8,10,14-15,18-19,25,35H,9,11-13H2,1H3,(H,28,30,31). The van der Waals surface area contributed by atoms with Crippen LogP contribution < -0.4 is 10.1 Å². The third kappa shape index (κ3) is 3.66. The third-order valence-electron chi connectivity index (χ3n) is 7.41. The first kappa shape index (κ1) is 21.3. The molecule has 5 aromatic rings. The highest BCUT2D eigenvalue weighted by atomic mass is 16.5. The first-order valence-corrected chi connectivity index (χ1v) is 12.2. The Morgan fingerprint density at radius 1 is 1.00 bits per heavy atom. The van der Waals surface area contributed by atoms with Crippen molar-refractivity contribution in [3.8, 4) is 11.5 Å². The molecule has 1 aliphatic carbocycles. The number of pyridine rings is 1. The number of aliphatic hydroxyl groups is 1. The van der Waals surface area contributed by atoms with Crippen LogP contribution in [0.2, 0.25) is 0 Å². The third-order valence-corrected chi connectivity index (χ3v) is 7.41. The number of aryl methyl sites for hydroxylation is 1. The van der Waals surface area contributed by atoms with Crippen LogP contribution in [0.1, 0.15) is 17.5 Å². The summed E-state index contributed by atoms with van der Waals surface area (Å²) in [5.41, 5.74) is 4.79. The van der Waals surface area contributed by atoms with E-state index in [2.05, 4.69) is 36.4 Å². The van der Waals surface area contributed by atoms with Gasteiger partial charge < -0.3 is 15.2 Å². The van der Waals surface area contributed by atoms with Crippen LogP contribution in [-0.2, 0) is 6.54 Å². The zero-order valence-electron chi connectivity index (χ0n) is 19.8. The molecule has 8 rings (SSSR count). The number of aliphatic hydroxyl groups excluding tert-OH is 1. The molecule has 2 unspecified atom stereocenters. The van der Waals surface area contributed by atoms with Gasteiger partial charge in [0.2, 0.25) is 0 Å². The van der Waals surface area contributed by atoms with E-state index in [0.717, 1.165) is 60.0 Å². The quantitative estimate of drug-likeness (QED) is 0.379. The molecule has 10 nitrogen and oxygen atoms in total. The van der Waals surface area contributed by atoms with Crippen LogP contribution in [0.5, 0.6) is 11.5 Å². The van der Waals surface area contributed by atoms with Gasteiger partial charge in [0.15, 0.2) is 11.5 Å². The fraction of sp³-hybridized carbons (Fsp3) is 0.308. The van der Waals surface area contributed by atoms with Crippen molar-refractivity contribution in [3.63, 3.8) is 0 Å². The summed E-state index contributed by atoms with van der Waals surface area (Å²) in [6.45, 7) is 4.72. The monoisotopic (exact) mass is 482 g/mol. The summed E-state index contributed by atoms with van der Waals surface area (Å²) in [7, 11) is 0. The lowest BCUT2D eigenvalue weighted by Gasteiger charge is -2.51. The largest absolute Gasteiger partial charge is 0.457 e. The molecule has 3 fully saturated rings. The van der Waals surface area contributed by atoms with Gasteiger partial charge in [-0.15, -0.1) is 0 Å². The Bertz CT molecular complexity index is 1570. The SMILES string of the molecule is Cc1cc(Nc2ncnn3ccc(CN4CC5CC(C4)C5O)c23)ccc1Oc1ccn2ncnc2c1. The summed E-state index contributed by atoms with van der Waals surface area (Å²) in [5.74, 6) is 3.06. The number of fused-ring (bicyclic) bond motifs is 4. The van der Waals surface area contributed by atoms with E-state index in [9.17, 15) is 5.11 Å². The van der Waals surface area contributed by atoms with Crippen LogP contribution in [0, 0.1) is 18.8 Å². The second-order valence-corrected chi connectivity index (χ2v) is 9.82. The highest BCUT2D eigenvalue weighted by Crippen LogP contribution is 2.40. The van der Waals surface area contributed by atoms with Gasteiger partial charge in [0.25, 0.3) is 0 Å². The van der Waals surface area contributed by atoms with Gasteiger partial charge in [-0.3, -0.25) is 4.90 Å². The molecule has 36 heavy (non-hydrogen) atoms. The van der Waals surface area contributed by atoms with Crippen molar-refractivity contribution < 1.29 is 9.84 Å². The smallest absolute Gasteiger partial charge is 0.158 e. The molecule has 2 saturated heterocycles. The summed E-state index contributed by atoms with van der Waals surface area (Å²) in [6, 6.07) is 11.8. The molecule has 6 heterocycles. The summed E-state index contributed by atoms with van der Waals surface area (Å²) in [6.07, 6.45) is 7.92. The maximum absolute atomic E-state index is 10.1. The maximum Gasteiger partial charge on any atom is 0.158 e. The fourth-order valence-corrected chi connectivity index (χ4v) is 5.53. The lowest BCUT2D eigenvalue weighted by Crippen LogP contribution is -2.57. The summed E-state index contributed by atoms with van der Waals surface area (Å²) in [5, 5.41) is 22.1. The number of anilines is 2. The summed E-state index contributed by atoms with van der Waals surface area (Å²) in [4.78, 5) is 11.2. The van der Waals surface area contributed by atoms with Gasteiger partial charge in [-0.1, -0.05) is 0 Å².